The van der Waals surface area contributed by atoms with E-state index in [0.717, 1.165) is 32.2 Å². The van der Waals surface area contributed by atoms with Crippen LogP contribution in [0.15, 0.2) is 4.99 Å². The van der Waals surface area contributed by atoms with Crippen LogP contribution in [0.5, 0.6) is 0 Å². The van der Waals surface area contributed by atoms with Gasteiger partial charge in [0.05, 0.1) is 6.10 Å². The first-order valence-corrected chi connectivity index (χ1v) is 11.9. The fourth-order valence-corrected chi connectivity index (χ4v) is 2.38. The fraction of sp³-hybridized carbons (Fsp3) is 0.762. The molecular formula is C21H46N8O9. The van der Waals surface area contributed by atoms with Gasteiger partial charge in [-0.2, -0.15) is 0 Å². The van der Waals surface area contributed by atoms with Gasteiger partial charge >= 0.3 is 23.9 Å². The Morgan fingerprint density at radius 3 is 1.66 bits per heavy atom. The van der Waals surface area contributed by atoms with E-state index in [4.69, 9.17) is 59.9 Å². The summed E-state index contributed by atoms with van der Waals surface area (Å²) in [6.07, 6.45) is 3.92. The van der Waals surface area contributed by atoms with Crippen LogP contribution < -0.4 is 39.7 Å². The van der Waals surface area contributed by atoms with Gasteiger partial charge in [-0.15, -0.1) is 0 Å². The van der Waals surface area contributed by atoms with Crippen molar-refractivity contribution in [2.24, 2.45) is 39.4 Å². The third-order valence-corrected chi connectivity index (χ3v) is 4.73. The molecule has 0 aliphatic carbocycles. The molecule has 0 radical (unpaired) electrons. The van der Waals surface area contributed by atoms with E-state index >= 15 is 0 Å². The molecule has 38 heavy (non-hydrogen) atoms. The highest BCUT2D eigenvalue weighted by Gasteiger charge is 2.20. The molecular weight excluding hydrogens is 508 g/mol. The van der Waals surface area contributed by atoms with E-state index in [9.17, 15) is 19.2 Å². The molecule has 1 aliphatic rings. The van der Waals surface area contributed by atoms with E-state index in [1.165, 1.54) is 6.92 Å². The molecule has 0 amide bonds. The van der Waals surface area contributed by atoms with Gasteiger partial charge in [0.2, 0.25) is 0 Å². The highest BCUT2D eigenvalue weighted by Crippen LogP contribution is 2.03. The van der Waals surface area contributed by atoms with Crippen molar-refractivity contribution in [3.05, 3.63) is 0 Å². The number of carboxylic acid groups (broad SMARTS) is 4. The highest BCUT2D eigenvalue weighted by molar-refractivity contribution is 5.76. The molecule has 5 atom stereocenters. The molecule has 0 aromatic carbocycles. The van der Waals surface area contributed by atoms with E-state index in [-0.39, 0.29) is 12.0 Å². The lowest BCUT2D eigenvalue weighted by Crippen LogP contribution is -2.39. The summed E-state index contributed by atoms with van der Waals surface area (Å²) in [6.45, 7) is 3.21. The molecule has 1 rings (SSSR count). The highest BCUT2D eigenvalue weighted by atomic mass is 16.4. The molecule has 18 N–H and O–H groups in total. The van der Waals surface area contributed by atoms with Crippen LogP contribution in [-0.4, -0.2) is 105 Å². The van der Waals surface area contributed by atoms with Gasteiger partial charge in [-0.05, 0) is 58.5 Å². The van der Waals surface area contributed by atoms with Gasteiger partial charge in [-0.25, -0.2) is 0 Å². The number of rotatable bonds is 13. The zero-order chi connectivity index (χ0) is 30.3. The molecule has 0 spiro atoms. The van der Waals surface area contributed by atoms with Gasteiger partial charge < -0.3 is 65.3 Å². The number of aliphatic hydroxyl groups excluding tert-OH is 1. The van der Waals surface area contributed by atoms with Crippen molar-refractivity contribution >= 4 is 29.8 Å². The maximum Gasteiger partial charge on any atom is 0.323 e. The number of aliphatic hydroxyl groups is 1. The average molecular weight is 555 g/mol. The zero-order valence-electron chi connectivity index (χ0n) is 21.7. The van der Waals surface area contributed by atoms with Crippen LogP contribution >= 0.6 is 0 Å². The number of unbranched alkanes of at least 4 members (excludes halogenated alkanes) is 1. The van der Waals surface area contributed by atoms with Crippen LogP contribution in [0.1, 0.15) is 51.9 Å². The Balaban J connectivity index is -0.000000436. The number of nitrogens with two attached hydrogens (primary N) is 6. The summed E-state index contributed by atoms with van der Waals surface area (Å²) in [5.41, 5.74) is 30.7. The smallest absolute Gasteiger partial charge is 0.323 e. The third-order valence-electron chi connectivity index (χ3n) is 4.73. The van der Waals surface area contributed by atoms with Crippen molar-refractivity contribution < 1.29 is 44.7 Å². The van der Waals surface area contributed by atoms with Crippen LogP contribution in [0, 0.1) is 0 Å². The normalized spacial score (nSPS) is 16.8. The maximum absolute atomic E-state index is 10.2. The Labute approximate surface area is 221 Å². The minimum atomic E-state index is -1.18. The molecule has 17 nitrogen and oxygen atoms in total. The second-order valence-corrected chi connectivity index (χ2v) is 8.21. The van der Waals surface area contributed by atoms with Crippen molar-refractivity contribution in [2.45, 2.75) is 82.1 Å². The molecule has 0 bridgehead atoms. The van der Waals surface area contributed by atoms with Crippen molar-refractivity contribution in [3.8, 4) is 0 Å². The van der Waals surface area contributed by atoms with Gasteiger partial charge in [0, 0.05) is 6.54 Å². The standard InChI is InChI=1S/C6H14N4O2.C6H14N2O2.C5H9NO2.C4H9NO3/c7-4(5(11)12)2-1-3-10-6(8)9;7-4-2-1-3-5(8)6(9)10;7-5(8)4-2-1-3-6-4;1-2(6)3(5)4(7)8/h4H,1-3,7H2,(H,11,12)(H4,8,9,10);5H,1-4,7-8H2,(H,9,10);4,6H,1-3H2,(H,7,8);2-3,6H,5H2,1H3,(H,7,8)/t;;4-;/m..0./s1. The van der Waals surface area contributed by atoms with Crippen molar-refractivity contribution in [2.75, 3.05) is 19.6 Å². The number of nitrogens with one attached hydrogen (secondary N) is 1. The number of hydrogen-bond donors (Lipinski definition) is 12. The lowest BCUT2D eigenvalue weighted by atomic mass is 10.1. The number of aliphatic imine (C=N–C) groups is 1. The number of guanidine groups is 1. The van der Waals surface area contributed by atoms with E-state index in [2.05, 4.69) is 10.3 Å². The molecule has 1 fully saturated rings. The second-order valence-electron chi connectivity index (χ2n) is 8.21. The van der Waals surface area contributed by atoms with Gasteiger partial charge in [-0.3, -0.25) is 24.2 Å². The fourth-order valence-electron chi connectivity index (χ4n) is 2.38. The average Bonchev–Trinajstić information content (AvgIpc) is 3.37. The number of aliphatic carboxylic acids is 4. The summed E-state index contributed by atoms with van der Waals surface area (Å²) in [4.78, 5) is 44.0. The molecule has 17 heteroatoms. The van der Waals surface area contributed by atoms with Crippen LogP contribution in [0.3, 0.4) is 0 Å². The number of carboxylic acids is 4. The Bertz CT molecular complexity index is 688. The van der Waals surface area contributed by atoms with Gasteiger partial charge in [0.25, 0.3) is 0 Å². The molecule has 0 aromatic rings. The molecule has 0 aromatic heterocycles. The molecule has 4 unspecified atom stereocenters. The molecule has 0 saturated carbocycles. The van der Waals surface area contributed by atoms with Gasteiger partial charge in [0.15, 0.2) is 5.96 Å². The molecule has 224 valence electrons. The first-order valence-electron chi connectivity index (χ1n) is 11.9. The lowest BCUT2D eigenvalue weighted by Gasteiger charge is -2.06. The van der Waals surface area contributed by atoms with E-state index in [0.29, 0.717) is 32.4 Å². The Kier molecular flexibility index (Phi) is 25.2. The molecule has 1 saturated heterocycles. The Hall–Kier alpha value is -3.09. The van der Waals surface area contributed by atoms with Crippen molar-refractivity contribution in [3.63, 3.8) is 0 Å². The number of carbonyl (C=O) groups is 4. The lowest BCUT2D eigenvalue weighted by molar-refractivity contribution is -0.141. The third kappa shape index (κ3) is 26.0. The Morgan fingerprint density at radius 2 is 1.39 bits per heavy atom. The van der Waals surface area contributed by atoms with Crippen LogP contribution in [0.25, 0.3) is 0 Å². The number of hydrogen-bond acceptors (Lipinski definition) is 11. The quantitative estimate of drug-likeness (QED) is 0.0598. The largest absolute Gasteiger partial charge is 0.480 e. The van der Waals surface area contributed by atoms with Crippen LogP contribution in [0.2, 0.25) is 0 Å². The summed E-state index contributed by atoms with van der Waals surface area (Å²) in [6, 6.07) is -2.96. The first kappa shape index (κ1) is 39.4. The summed E-state index contributed by atoms with van der Waals surface area (Å²) in [5.74, 6) is -3.82. The SMILES string of the molecule is CC(O)C(N)C(=O)O.NC(N)=NCCCC(N)C(=O)O.NCCCCC(N)C(=O)O.O=C(O)[C@@H]1CCCN1. The topological polar surface area (TPSA) is 350 Å². The summed E-state index contributed by atoms with van der Waals surface area (Å²) >= 11 is 0. The van der Waals surface area contributed by atoms with Gasteiger partial charge in [0.1, 0.15) is 24.2 Å². The monoisotopic (exact) mass is 554 g/mol. The predicted molar refractivity (Wildman–Crippen MR) is 140 cm³/mol. The van der Waals surface area contributed by atoms with Crippen molar-refractivity contribution in [1.82, 2.24) is 5.32 Å². The minimum absolute atomic E-state index is 0.0129. The van der Waals surface area contributed by atoms with E-state index in [1.54, 1.807) is 0 Å². The molecule has 1 heterocycles. The second kappa shape index (κ2) is 24.3. The molecule has 1 aliphatic heterocycles. The Morgan fingerprint density at radius 1 is 0.895 bits per heavy atom. The van der Waals surface area contributed by atoms with Crippen LogP contribution in [0.4, 0.5) is 0 Å². The zero-order valence-corrected chi connectivity index (χ0v) is 21.7. The maximum atomic E-state index is 10.2. The minimum Gasteiger partial charge on any atom is -0.480 e. The van der Waals surface area contributed by atoms with E-state index in [1.807, 2.05) is 0 Å². The van der Waals surface area contributed by atoms with Gasteiger partial charge in [-0.1, -0.05) is 6.42 Å². The van der Waals surface area contributed by atoms with E-state index < -0.39 is 48.1 Å². The van der Waals surface area contributed by atoms with Crippen molar-refractivity contribution in [1.29, 1.82) is 0 Å². The van der Waals surface area contributed by atoms with Crippen LogP contribution in [-0.2, 0) is 19.2 Å². The summed E-state index contributed by atoms with van der Waals surface area (Å²) in [5, 5.41) is 44.5. The predicted octanol–water partition coefficient (Wildman–Crippen LogP) is -3.42. The summed E-state index contributed by atoms with van der Waals surface area (Å²) in [7, 11) is 0. The number of nitrogens with zero attached hydrogens (tertiary/aromatic N) is 1. The summed E-state index contributed by atoms with van der Waals surface area (Å²) < 4.78 is 0. The first-order chi connectivity index (χ1) is 17.6.